The summed E-state index contributed by atoms with van der Waals surface area (Å²) >= 11 is 0. The zero-order chi connectivity index (χ0) is 11.5. The standard InChI is InChI=1S/C8H10N6O2/c1-5-6(3-10-12-5)2-9-7-4-11-13-8(7)14(15)16/h3-4,9H,2H2,1H3,(H,10,12)(H,11,13). The van der Waals surface area contributed by atoms with Gasteiger partial charge in [-0.25, -0.2) is 0 Å². The van der Waals surface area contributed by atoms with E-state index in [1.54, 1.807) is 6.20 Å². The van der Waals surface area contributed by atoms with Crippen LogP contribution in [0.4, 0.5) is 11.5 Å². The van der Waals surface area contributed by atoms with Crippen LogP contribution in [0.1, 0.15) is 11.3 Å². The van der Waals surface area contributed by atoms with Gasteiger partial charge in [0.1, 0.15) is 6.20 Å². The summed E-state index contributed by atoms with van der Waals surface area (Å²) in [4.78, 5) is 10.1. The molecule has 2 aromatic heterocycles. The average Bonchev–Trinajstić information content (AvgIpc) is 2.83. The summed E-state index contributed by atoms with van der Waals surface area (Å²) in [6.45, 7) is 2.34. The lowest BCUT2D eigenvalue weighted by molar-refractivity contribution is -0.388. The molecule has 0 aromatic carbocycles. The largest absolute Gasteiger partial charge is 0.373 e. The minimum absolute atomic E-state index is 0.138. The number of aromatic nitrogens is 4. The molecule has 0 unspecified atom stereocenters. The highest BCUT2D eigenvalue weighted by molar-refractivity contribution is 5.55. The molecule has 0 fully saturated rings. The lowest BCUT2D eigenvalue weighted by Crippen LogP contribution is -2.01. The summed E-state index contributed by atoms with van der Waals surface area (Å²) in [6.07, 6.45) is 3.06. The number of hydrogen-bond donors (Lipinski definition) is 3. The van der Waals surface area contributed by atoms with Crippen molar-refractivity contribution in [1.29, 1.82) is 0 Å². The summed E-state index contributed by atoms with van der Waals surface area (Å²) in [5.74, 6) is -0.138. The Morgan fingerprint density at radius 3 is 2.81 bits per heavy atom. The SMILES string of the molecule is Cc1[nH]ncc1CNc1cn[nH]c1[N+](=O)[O-]. The van der Waals surface area contributed by atoms with Crippen molar-refractivity contribution in [3.05, 3.63) is 33.8 Å². The fourth-order valence-electron chi connectivity index (χ4n) is 1.29. The van der Waals surface area contributed by atoms with Crippen molar-refractivity contribution in [3.63, 3.8) is 0 Å². The second kappa shape index (κ2) is 4.01. The highest BCUT2D eigenvalue weighted by Gasteiger charge is 2.14. The third-order valence-electron chi connectivity index (χ3n) is 2.21. The van der Waals surface area contributed by atoms with E-state index in [9.17, 15) is 10.1 Å². The maximum atomic E-state index is 10.6. The van der Waals surface area contributed by atoms with Crippen LogP contribution in [0.25, 0.3) is 0 Å². The number of H-pyrrole nitrogens is 2. The first-order valence-corrected chi connectivity index (χ1v) is 4.59. The van der Waals surface area contributed by atoms with Crippen molar-refractivity contribution in [2.45, 2.75) is 13.5 Å². The van der Waals surface area contributed by atoms with E-state index in [-0.39, 0.29) is 5.82 Å². The molecule has 0 spiro atoms. The number of nitrogens with zero attached hydrogens (tertiary/aromatic N) is 3. The molecule has 0 amide bonds. The van der Waals surface area contributed by atoms with Crippen LogP contribution in [0, 0.1) is 17.0 Å². The van der Waals surface area contributed by atoms with Gasteiger partial charge in [0.15, 0.2) is 5.69 Å². The molecule has 0 atom stereocenters. The molecule has 8 nitrogen and oxygen atoms in total. The fraction of sp³-hybridized carbons (Fsp3) is 0.250. The van der Waals surface area contributed by atoms with Crippen molar-refractivity contribution < 1.29 is 4.92 Å². The van der Waals surface area contributed by atoms with Crippen LogP contribution in [0.3, 0.4) is 0 Å². The molecule has 16 heavy (non-hydrogen) atoms. The van der Waals surface area contributed by atoms with Gasteiger partial charge < -0.3 is 15.4 Å². The van der Waals surface area contributed by atoms with Crippen LogP contribution in [-0.4, -0.2) is 25.3 Å². The number of nitro groups is 1. The minimum atomic E-state index is -0.516. The molecule has 84 valence electrons. The first kappa shape index (κ1) is 10.1. The van der Waals surface area contributed by atoms with E-state index in [1.807, 2.05) is 6.92 Å². The maximum absolute atomic E-state index is 10.6. The molecule has 0 saturated carbocycles. The zero-order valence-corrected chi connectivity index (χ0v) is 8.52. The average molecular weight is 222 g/mol. The topological polar surface area (TPSA) is 113 Å². The molecular weight excluding hydrogens is 212 g/mol. The third kappa shape index (κ3) is 1.85. The minimum Gasteiger partial charge on any atom is -0.373 e. The first-order chi connectivity index (χ1) is 7.68. The van der Waals surface area contributed by atoms with Crippen LogP contribution in [0.2, 0.25) is 0 Å². The third-order valence-corrected chi connectivity index (χ3v) is 2.21. The molecule has 0 bridgehead atoms. The summed E-state index contributed by atoms with van der Waals surface area (Å²) in [5.41, 5.74) is 2.25. The van der Waals surface area contributed by atoms with E-state index < -0.39 is 4.92 Å². The molecule has 3 N–H and O–H groups in total. The molecule has 0 aliphatic heterocycles. The molecule has 0 saturated heterocycles. The van der Waals surface area contributed by atoms with Gasteiger partial charge in [0.05, 0.1) is 6.20 Å². The second-order valence-electron chi connectivity index (χ2n) is 3.26. The molecule has 0 radical (unpaired) electrons. The van der Waals surface area contributed by atoms with Crippen LogP contribution >= 0.6 is 0 Å². The second-order valence-corrected chi connectivity index (χ2v) is 3.26. The lowest BCUT2D eigenvalue weighted by Gasteiger charge is -2.02. The highest BCUT2D eigenvalue weighted by atomic mass is 16.6. The van der Waals surface area contributed by atoms with Gasteiger partial charge in [-0.3, -0.25) is 5.10 Å². The first-order valence-electron chi connectivity index (χ1n) is 4.59. The van der Waals surface area contributed by atoms with Crippen LogP contribution in [0.5, 0.6) is 0 Å². The monoisotopic (exact) mass is 222 g/mol. The Hall–Kier alpha value is -2.38. The van der Waals surface area contributed by atoms with Gasteiger partial charge in [0.2, 0.25) is 0 Å². The quantitative estimate of drug-likeness (QED) is 0.526. The van der Waals surface area contributed by atoms with Crippen molar-refractivity contribution in [3.8, 4) is 0 Å². The molecule has 0 aliphatic carbocycles. The number of rotatable bonds is 4. The van der Waals surface area contributed by atoms with E-state index in [0.29, 0.717) is 12.2 Å². The molecule has 2 aromatic rings. The van der Waals surface area contributed by atoms with Crippen LogP contribution < -0.4 is 5.32 Å². The summed E-state index contributed by atoms with van der Waals surface area (Å²) in [7, 11) is 0. The smallest absolute Gasteiger partial charge is 0.366 e. The van der Waals surface area contributed by atoms with E-state index in [4.69, 9.17) is 0 Å². The number of aromatic amines is 2. The van der Waals surface area contributed by atoms with Gasteiger partial charge in [0, 0.05) is 17.8 Å². The van der Waals surface area contributed by atoms with E-state index in [2.05, 4.69) is 25.7 Å². The van der Waals surface area contributed by atoms with Gasteiger partial charge in [-0.1, -0.05) is 5.10 Å². The predicted octanol–water partition coefficient (Wildman–Crippen LogP) is 0.962. The Labute approximate surface area is 90.2 Å². The molecular formula is C8H10N6O2. The van der Waals surface area contributed by atoms with Gasteiger partial charge in [-0.05, 0) is 11.8 Å². The van der Waals surface area contributed by atoms with Crippen LogP contribution in [0.15, 0.2) is 12.4 Å². The Morgan fingerprint density at radius 1 is 1.44 bits per heavy atom. The number of aryl methyl sites for hydroxylation is 1. The zero-order valence-electron chi connectivity index (χ0n) is 8.52. The number of anilines is 1. The van der Waals surface area contributed by atoms with Crippen molar-refractivity contribution in [1.82, 2.24) is 20.4 Å². The summed E-state index contributed by atoms with van der Waals surface area (Å²) in [5, 5.41) is 26.1. The maximum Gasteiger partial charge on any atom is 0.366 e. The summed E-state index contributed by atoms with van der Waals surface area (Å²) in [6, 6.07) is 0. The molecule has 2 heterocycles. The normalized spacial score (nSPS) is 10.3. The van der Waals surface area contributed by atoms with Crippen molar-refractivity contribution >= 4 is 11.5 Å². The van der Waals surface area contributed by atoms with E-state index in [1.165, 1.54) is 6.20 Å². The Morgan fingerprint density at radius 2 is 2.19 bits per heavy atom. The van der Waals surface area contributed by atoms with Gasteiger partial charge in [0.25, 0.3) is 0 Å². The molecule has 2 rings (SSSR count). The predicted molar refractivity (Wildman–Crippen MR) is 55.9 cm³/mol. The Bertz CT molecular complexity index is 502. The lowest BCUT2D eigenvalue weighted by atomic mass is 10.2. The number of hydrogen-bond acceptors (Lipinski definition) is 5. The van der Waals surface area contributed by atoms with Crippen molar-refractivity contribution in [2.24, 2.45) is 0 Å². The van der Waals surface area contributed by atoms with E-state index >= 15 is 0 Å². The van der Waals surface area contributed by atoms with Gasteiger partial charge in [-0.15, -0.1) is 5.10 Å². The van der Waals surface area contributed by atoms with Gasteiger partial charge >= 0.3 is 5.82 Å². The Kier molecular flexibility index (Phi) is 2.54. The van der Waals surface area contributed by atoms with Crippen molar-refractivity contribution in [2.75, 3.05) is 5.32 Å². The highest BCUT2D eigenvalue weighted by Crippen LogP contribution is 2.20. The van der Waals surface area contributed by atoms with Crippen LogP contribution in [-0.2, 0) is 6.54 Å². The summed E-state index contributed by atoms with van der Waals surface area (Å²) < 4.78 is 0. The molecule has 0 aliphatic rings. The van der Waals surface area contributed by atoms with Gasteiger partial charge in [-0.2, -0.15) is 5.10 Å². The fourth-order valence-corrected chi connectivity index (χ4v) is 1.29. The molecule has 8 heteroatoms. The number of nitrogens with one attached hydrogen (secondary N) is 3. The van der Waals surface area contributed by atoms with E-state index in [0.717, 1.165) is 11.3 Å². The Balaban J connectivity index is 2.08.